The van der Waals surface area contributed by atoms with Gasteiger partial charge in [-0.3, -0.25) is 4.79 Å². The number of allylic oxidation sites excluding steroid dienone is 1. The smallest absolute Gasteiger partial charge is 0.158 e. The van der Waals surface area contributed by atoms with Gasteiger partial charge in [0.25, 0.3) is 0 Å². The van der Waals surface area contributed by atoms with Crippen molar-refractivity contribution in [1.82, 2.24) is 0 Å². The van der Waals surface area contributed by atoms with Crippen LogP contribution in [0.1, 0.15) is 33.1 Å². The van der Waals surface area contributed by atoms with Crippen molar-refractivity contribution < 1.29 is 4.79 Å². The van der Waals surface area contributed by atoms with Crippen LogP contribution in [0, 0.1) is 22.2 Å². The van der Waals surface area contributed by atoms with Crippen molar-refractivity contribution in [3.8, 4) is 6.07 Å². The van der Waals surface area contributed by atoms with E-state index in [2.05, 4.69) is 12.6 Å². The maximum Gasteiger partial charge on any atom is 0.158 e. The van der Waals surface area contributed by atoms with Gasteiger partial charge in [0.2, 0.25) is 0 Å². The topological polar surface area (TPSA) is 40.9 Å². The first-order valence-electron chi connectivity index (χ1n) is 4.55. The molecule has 0 heterocycles. The van der Waals surface area contributed by atoms with Gasteiger partial charge in [-0.1, -0.05) is 19.9 Å². The minimum absolute atomic E-state index is 0.0856. The molecular weight excluding hydrogens is 162 g/mol. The van der Waals surface area contributed by atoms with E-state index in [4.69, 9.17) is 5.26 Å². The van der Waals surface area contributed by atoms with Gasteiger partial charge in [0, 0.05) is 5.41 Å². The number of rotatable bonds is 2. The Labute approximate surface area is 79.2 Å². The van der Waals surface area contributed by atoms with Crippen molar-refractivity contribution in [2.24, 2.45) is 10.8 Å². The lowest BCUT2D eigenvalue weighted by Crippen LogP contribution is -2.30. The summed E-state index contributed by atoms with van der Waals surface area (Å²) >= 11 is 0. The van der Waals surface area contributed by atoms with Crippen LogP contribution in [0.4, 0.5) is 0 Å². The first-order chi connectivity index (χ1) is 5.98. The van der Waals surface area contributed by atoms with Crippen LogP contribution in [0.15, 0.2) is 12.7 Å². The van der Waals surface area contributed by atoms with Gasteiger partial charge in [0.15, 0.2) is 5.78 Å². The van der Waals surface area contributed by atoms with Crippen LogP contribution in [-0.2, 0) is 4.79 Å². The second kappa shape index (κ2) is 2.99. The molecule has 1 unspecified atom stereocenters. The predicted octanol–water partition coefficient (Wildman–Crippen LogP) is 2.46. The van der Waals surface area contributed by atoms with Gasteiger partial charge < -0.3 is 0 Å². The molecule has 1 fully saturated rings. The summed E-state index contributed by atoms with van der Waals surface area (Å²) in [5.41, 5.74) is -1.09. The molecule has 0 N–H and O–H groups in total. The Morgan fingerprint density at radius 2 is 2.23 bits per heavy atom. The van der Waals surface area contributed by atoms with Crippen molar-refractivity contribution in [1.29, 1.82) is 5.26 Å². The van der Waals surface area contributed by atoms with E-state index in [9.17, 15) is 4.79 Å². The second-order valence-electron chi connectivity index (χ2n) is 4.40. The molecular formula is C11H15NO. The average molecular weight is 177 g/mol. The number of ketones is 1. The van der Waals surface area contributed by atoms with Crippen molar-refractivity contribution in [2.45, 2.75) is 33.1 Å². The summed E-state index contributed by atoms with van der Waals surface area (Å²) in [6.07, 6.45) is 3.66. The highest BCUT2D eigenvalue weighted by molar-refractivity contribution is 5.94. The Morgan fingerprint density at radius 3 is 2.54 bits per heavy atom. The van der Waals surface area contributed by atoms with Crippen LogP contribution in [0.3, 0.4) is 0 Å². The standard InChI is InChI=1S/C11H15NO/c1-4-5-11(8-12)7-6-10(2,3)9(11)13/h4H,1,5-7H2,2-3H3. The molecule has 0 aliphatic heterocycles. The van der Waals surface area contributed by atoms with Crippen molar-refractivity contribution >= 4 is 5.78 Å². The van der Waals surface area contributed by atoms with E-state index < -0.39 is 5.41 Å². The number of hydrogen-bond donors (Lipinski definition) is 0. The maximum atomic E-state index is 11.9. The SMILES string of the molecule is C=CCC1(C#N)CCC(C)(C)C1=O. The Hall–Kier alpha value is -1.10. The molecule has 0 aromatic carbocycles. The summed E-state index contributed by atoms with van der Waals surface area (Å²) in [4.78, 5) is 11.9. The molecule has 1 saturated carbocycles. The molecule has 13 heavy (non-hydrogen) atoms. The zero-order chi connectivity index (χ0) is 10.1. The third-order valence-electron chi connectivity index (χ3n) is 2.93. The van der Waals surface area contributed by atoms with Crippen LogP contribution in [0.5, 0.6) is 0 Å². The lowest BCUT2D eigenvalue weighted by Gasteiger charge is -2.20. The first kappa shape index (κ1) is 9.98. The molecule has 70 valence electrons. The molecule has 0 amide bonds. The van der Waals surface area contributed by atoms with Crippen LogP contribution in [0.25, 0.3) is 0 Å². The summed E-state index contributed by atoms with van der Waals surface area (Å²) < 4.78 is 0. The highest BCUT2D eigenvalue weighted by atomic mass is 16.1. The molecule has 1 rings (SSSR count). The number of carbonyl (C=O) groups is 1. The van der Waals surface area contributed by atoms with Crippen molar-refractivity contribution in [3.05, 3.63) is 12.7 Å². The molecule has 2 nitrogen and oxygen atoms in total. The largest absolute Gasteiger partial charge is 0.297 e. The molecule has 1 atom stereocenters. The van der Waals surface area contributed by atoms with Crippen LogP contribution < -0.4 is 0 Å². The van der Waals surface area contributed by atoms with Crippen LogP contribution >= 0.6 is 0 Å². The van der Waals surface area contributed by atoms with E-state index in [1.165, 1.54) is 0 Å². The van der Waals surface area contributed by atoms with Crippen LogP contribution in [0.2, 0.25) is 0 Å². The molecule has 0 bridgehead atoms. The normalized spacial score (nSPS) is 31.3. The maximum absolute atomic E-state index is 11.9. The van der Waals surface area contributed by atoms with E-state index in [-0.39, 0.29) is 11.2 Å². The molecule has 0 radical (unpaired) electrons. The fraction of sp³-hybridized carbons (Fsp3) is 0.636. The number of Topliss-reactive ketones (excluding diaryl/α,β-unsaturated/α-hetero) is 1. The lowest BCUT2D eigenvalue weighted by molar-refractivity contribution is -0.130. The van der Waals surface area contributed by atoms with Crippen LogP contribution in [-0.4, -0.2) is 5.78 Å². The average Bonchev–Trinajstić information content (AvgIpc) is 2.31. The van der Waals surface area contributed by atoms with E-state index >= 15 is 0 Å². The van der Waals surface area contributed by atoms with Gasteiger partial charge in [0.1, 0.15) is 5.41 Å². The molecule has 0 spiro atoms. The fourth-order valence-electron chi connectivity index (χ4n) is 1.99. The van der Waals surface area contributed by atoms with Gasteiger partial charge in [-0.05, 0) is 19.3 Å². The number of carbonyl (C=O) groups excluding carboxylic acids is 1. The van der Waals surface area contributed by atoms with Crippen molar-refractivity contribution in [2.75, 3.05) is 0 Å². The Balaban J connectivity index is 3.01. The summed E-state index contributed by atoms with van der Waals surface area (Å²) in [6.45, 7) is 7.42. The highest BCUT2D eigenvalue weighted by Gasteiger charge is 2.51. The number of hydrogen-bond acceptors (Lipinski definition) is 2. The Kier molecular flexibility index (Phi) is 2.30. The number of nitrogens with zero attached hydrogens (tertiary/aromatic N) is 1. The monoisotopic (exact) mass is 177 g/mol. The molecule has 0 aromatic rings. The summed E-state index contributed by atoms with van der Waals surface area (Å²) in [5.74, 6) is 0.0856. The second-order valence-corrected chi connectivity index (χ2v) is 4.40. The highest BCUT2D eigenvalue weighted by Crippen LogP contribution is 2.47. The summed E-state index contributed by atoms with van der Waals surface area (Å²) in [5, 5.41) is 9.03. The Morgan fingerprint density at radius 1 is 1.62 bits per heavy atom. The lowest BCUT2D eigenvalue weighted by atomic mass is 9.79. The van der Waals surface area contributed by atoms with E-state index in [1.54, 1.807) is 6.08 Å². The van der Waals surface area contributed by atoms with Gasteiger partial charge in [0.05, 0.1) is 6.07 Å². The quantitative estimate of drug-likeness (QED) is 0.608. The molecule has 1 aliphatic rings. The third-order valence-corrected chi connectivity index (χ3v) is 2.93. The zero-order valence-electron chi connectivity index (χ0n) is 8.26. The van der Waals surface area contributed by atoms with E-state index in [0.29, 0.717) is 12.8 Å². The Bertz CT molecular complexity index is 285. The zero-order valence-corrected chi connectivity index (χ0v) is 8.26. The van der Waals surface area contributed by atoms with Gasteiger partial charge >= 0.3 is 0 Å². The van der Waals surface area contributed by atoms with Gasteiger partial charge in [-0.2, -0.15) is 5.26 Å². The first-order valence-corrected chi connectivity index (χ1v) is 4.55. The van der Waals surface area contributed by atoms with Gasteiger partial charge in [-0.25, -0.2) is 0 Å². The fourth-order valence-corrected chi connectivity index (χ4v) is 1.99. The molecule has 0 saturated heterocycles. The summed E-state index contributed by atoms with van der Waals surface area (Å²) in [6, 6.07) is 2.16. The predicted molar refractivity (Wildman–Crippen MR) is 50.9 cm³/mol. The third kappa shape index (κ3) is 1.39. The number of nitriles is 1. The molecule has 1 aliphatic carbocycles. The van der Waals surface area contributed by atoms with Crippen molar-refractivity contribution in [3.63, 3.8) is 0 Å². The van der Waals surface area contributed by atoms with E-state index in [1.807, 2.05) is 13.8 Å². The molecule has 2 heteroatoms. The molecule has 0 aromatic heterocycles. The minimum Gasteiger partial charge on any atom is -0.297 e. The summed E-state index contributed by atoms with van der Waals surface area (Å²) in [7, 11) is 0. The van der Waals surface area contributed by atoms with E-state index in [0.717, 1.165) is 6.42 Å². The van der Waals surface area contributed by atoms with Gasteiger partial charge in [-0.15, -0.1) is 6.58 Å². The minimum atomic E-state index is -0.773.